The standard InChI is InChI=1S/C15H21NS/c1-11(2)16-10-12(3)9-14-6-4-5-13-7-8-17-15(13)14/h4-8,11-12,16H,9-10H2,1-3H3. The summed E-state index contributed by atoms with van der Waals surface area (Å²) >= 11 is 1.86. The van der Waals surface area contributed by atoms with Crippen LogP contribution in [0.1, 0.15) is 26.3 Å². The second kappa shape index (κ2) is 5.65. The predicted octanol–water partition coefficient (Wildman–Crippen LogP) is 4.08. The van der Waals surface area contributed by atoms with Crippen molar-refractivity contribution in [3.63, 3.8) is 0 Å². The normalized spacial score (nSPS) is 13.4. The SMILES string of the molecule is CC(CNC(C)C)Cc1cccc2ccsc12. The molecule has 1 heterocycles. The Morgan fingerprint density at radius 3 is 2.76 bits per heavy atom. The van der Waals surface area contributed by atoms with E-state index in [2.05, 4.69) is 55.7 Å². The maximum Gasteiger partial charge on any atom is 0.0374 e. The summed E-state index contributed by atoms with van der Waals surface area (Å²) in [6.07, 6.45) is 1.16. The molecule has 0 amide bonds. The van der Waals surface area contributed by atoms with E-state index in [0.29, 0.717) is 12.0 Å². The van der Waals surface area contributed by atoms with Crippen LogP contribution < -0.4 is 5.32 Å². The highest BCUT2D eigenvalue weighted by molar-refractivity contribution is 7.17. The van der Waals surface area contributed by atoms with Crippen molar-refractivity contribution in [1.29, 1.82) is 0 Å². The van der Waals surface area contributed by atoms with Gasteiger partial charge >= 0.3 is 0 Å². The molecule has 2 heteroatoms. The highest BCUT2D eigenvalue weighted by Crippen LogP contribution is 2.26. The van der Waals surface area contributed by atoms with Crippen molar-refractivity contribution in [3.8, 4) is 0 Å². The highest BCUT2D eigenvalue weighted by atomic mass is 32.1. The van der Waals surface area contributed by atoms with Crippen LogP contribution in [0.25, 0.3) is 10.1 Å². The first-order valence-corrected chi connectivity index (χ1v) is 7.23. The predicted molar refractivity (Wildman–Crippen MR) is 77.8 cm³/mol. The van der Waals surface area contributed by atoms with Crippen molar-refractivity contribution >= 4 is 21.4 Å². The minimum absolute atomic E-state index is 0.579. The molecule has 17 heavy (non-hydrogen) atoms. The van der Waals surface area contributed by atoms with Gasteiger partial charge in [-0.25, -0.2) is 0 Å². The second-order valence-electron chi connectivity index (χ2n) is 5.13. The van der Waals surface area contributed by atoms with Crippen LogP contribution in [0, 0.1) is 5.92 Å². The molecule has 0 spiro atoms. The van der Waals surface area contributed by atoms with Crippen LogP contribution in [0.5, 0.6) is 0 Å². The molecule has 0 saturated carbocycles. The van der Waals surface area contributed by atoms with Gasteiger partial charge in [0.25, 0.3) is 0 Å². The van der Waals surface area contributed by atoms with Gasteiger partial charge in [0.05, 0.1) is 0 Å². The molecule has 2 aromatic rings. The fraction of sp³-hybridized carbons (Fsp3) is 0.467. The maximum atomic E-state index is 3.51. The monoisotopic (exact) mass is 247 g/mol. The Balaban J connectivity index is 2.05. The van der Waals surface area contributed by atoms with Crippen molar-refractivity contribution in [2.24, 2.45) is 5.92 Å². The van der Waals surface area contributed by atoms with Crippen LogP contribution in [-0.4, -0.2) is 12.6 Å². The van der Waals surface area contributed by atoms with Crippen LogP contribution in [-0.2, 0) is 6.42 Å². The topological polar surface area (TPSA) is 12.0 Å². The molecule has 92 valence electrons. The summed E-state index contributed by atoms with van der Waals surface area (Å²) in [6, 6.07) is 9.43. The number of nitrogens with one attached hydrogen (secondary N) is 1. The fourth-order valence-corrected chi connectivity index (χ4v) is 3.03. The van der Waals surface area contributed by atoms with Crippen LogP contribution >= 0.6 is 11.3 Å². The summed E-state index contributed by atoms with van der Waals surface area (Å²) in [4.78, 5) is 0. The van der Waals surface area contributed by atoms with Crippen LogP contribution in [0.2, 0.25) is 0 Å². The van der Waals surface area contributed by atoms with E-state index in [4.69, 9.17) is 0 Å². The Morgan fingerprint density at radius 1 is 1.18 bits per heavy atom. The average Bonchev–Trinajstić information content (AvgIpc) is 2.75. The van der Waals surface area contributed by atoms with Gasteiger partial charge in [-0.1, -0.05) is 39.0 Å². The molecule has 0 aliphatic heterocycles. The molecule has 1 unspecified atom stereocenters. The van der Waals surface area contributed by atoms with E-state index in [1.54, 1.807) is 0 Å². The third-order valence-electron chi connectivity index (χ3n) is 3.00. The van der Waals surface area contributed by atoms with E-state index in [1.165, 1.54) is 15.6 Å². The molecular weight excluding hydrogens is 226 g/mol. The largest absolute Gasteiger partial charge is 0.314 e. The van der Waals surface area contributed by atoms with Crippen LogP contribution in [0.15, 0.2) is 29.6 Å². The van der Waals surface area contributed by atoms with Gasteiger partial charge in [-0.15, -0.1) is 11.3 Å². The molecule has 1 nitrogen and oxygen atoms in total. The summed E-state index contributed by atoms with van der Waals surface area (Å²) in [5, 5.41) is 7.08. The summed E-state index contributed by atoms with van der Waals surface area (Å²) in [6.45, 7) is 7.82. The number of hydrogen-bond acceptors (Lipinski definition) is 2. The highest BCUT2D eigenvalue weighted by Gasteiger charge is 2.08. The van der Waals surface area contributed by atoms with Gasteiger partial charge in [0.1, 0.15) is 0 Å². The van der Waals surface area contributed by atoms with Crippen molar-refractivity contribution in [1.82, 2.24) is 5.32 Å². The maximum absolute atomic E-state index is 3.51. The number of thiophene rings is 1. The first-order valence-electron chi connectivity index (χ1n) is 6.35. The van der Waals surface area contributed by atoms with E-state index >= 15 is 0 Å². The lowest BCUT2D eigenvalue weighted by molar-refractivity contribution is 0.477. The third-order valence-corrected chi connectivity index (χ3v) is 4.01. The van der Waals surface area contributed by atoms with Gasteiger partial charge in [0.15, 0.2) is 0 Å². The zero-order chi connectivity index (χ0) is 12.3. The van der Waals surface area contributed by atoms with Crippen molar-refractivity contribution < 1.29 is 0 Å². The van der Waals surface area contributed by atoms with Gasteiger partial charge in [-0.3, -0.25) is 0 Å². The summed E-state index contributed by atoms with van der Waals surface area (Å²) in [5.41, 5.74) is 1.50. The van der Waals surface area contributed by atoms with E-state index < -0.39 is 0 Å². The minimum atomic E-state index is 0.579. The average molecular weight is 247 g/mol. The van der Waals surface area contributed by atoms with Gasteiger partial charge in [0.2, 0.25) is 0 Å². The lowest BCUT2D eigenvalue weighted by Crippen LogP contribution is -2.28. The first kappa shape index (κ1) is 12.6. The number of fused-ring (bicyclic) bond motifs is 1. The molecule has 0 aliphatic carbocycles. The van der Waals surface area contributed by atoms with Crippen LogP contribution in [0.3, 0.4) is 0 Å². The second-order valence-corrected chi connectivity index (χ2v) is 6.04. The quantitative estimate of drug-likeness (QED) is 0.839. The van der Waals surface area contributed by atoms with Gasteiger partial charge < -0.3 is 5.32 Å². The molecule has 0 saturated heterocycles. The van der Waals surface area contributed by atoms with E-state index in [9.17, 15) is 0 Å². The molecule has 0 aliphatic rings. The zero-order valence-corrected chi connectivity index (χ0v) is 11.7. The lowest BCUT2D eigenvalue weighted by Gasteiger charge is -2.15. The Hall–Kier alpha value is -0.860. The summed E-state index contributed by atoms with van der Waals surface area (Å²) < 4.78 is 1.46. The summed E-state index contributed by atoms with van der Waals surface area (Å²) in [7, 11) is 0. The molecule has 1 N–H and O–H groups in total. The molecule has 1 aromatic carbocycles. The minimum Gasteiger partial charge on any atom is -0.314 e. The molecule has 0 radical (unpaired) electrons. The Labute approximate surface area is 108 Å². The number of rotatable bonds is 5. The van der Waals surface area contributed by atoms with Crippen molar-refractivity contribution in [3.05, 3.63) is 35.2 Å². The summed E-state index contributed by atoms with van der Waals surface area (Å²) in [5.74, 6) is 0.685. The van der Waals surface area contributed by atoms with E-state index in [0.717, 1.165) is 13.0 Å². The Bertz CT molecular complexity index is 472. The molecular formula is C15H21NS. The first-order chi connectivity index (χ1) is 8.16. The zero-order valence-electron chi connectivity index (χ0n) is 10.9. The van der Waals surface area contributed by atoms with Crippen LogP contribution in [0.4, 0.5) is 0 Å². The molecule has 1 aromatic heterocycles. The van der Waals surface area contributed by atoms with Gasteiger partial charge in [-0.2, -0.15) is 0 Å². The smallest absolute Gasteiger partial charge is 0.0374 e. The molecule has 2 rings (SSSR count). The molecule has 0 fully saturated rings. The Morgan fingerprint density at radius 2 is 2.00 bits per heavy atom. The third kappa shape index (κ3) is 3.30. The molecule has 0 bridgehead atoms. The number of benzene rings is 1. The van der Waals surface area contributed by atoms with Crippen molar-refractivity contribution in [2.75, 3.05) is 6.54 Å². The van der Waals surface area contributed by atoms with E-state index in [1.807, 2.05) is 11.3 Å². The Kier molecular flexibility index (Phi) is 4.19. The van der Waals surface area contributed by atoms with Gasteiger partial charge in [-0.05, 0) is 41.3 Å². The van der Waals surface area contributed by atoms with Crippen molar-refractivity contribution in [2.45, 2.75) is 33.2 Å². The molecule has 1 atom stereocenters. The number of hydrogen-bond donors (Lipinski definition) is 1. The lowest BCUT2D eigenvalue weighted by atomic mass is 10.00. The van der Waals surface area contributed by atoms with E-state index in [-0.39, 0.29) is 0 Å². The van der Waals surface area contributed by atoms with Gasteiger partial charge in [0, 0.05) is 10.7 Å². The fourth-order valence-electron chi connectivity index (χ4n) is 2.10.